The van der Waals surface area contributed by atoms with Gasteiger partial charge in [0.2, 0.25) is 0 Å². The lowest BCUT2D eigenvalue weighted by molar-refractivity contribution is 0.0252. The first kappa shape index (κ1) is 13.8. The normalized spacial score (nSPS) is 25.9. The molecule has 1 aromatic heterocycles. The number of ether oxygens (including phenoxy) is 1. The number of rotatable bonds is 3. The molecule has 4 nitrogen and oxygen atoms in total. The summed E-state index contributed by atoms with van der Waals surface area (Å²) < 4.78 is 5.93. The number of fused-ring (bicyclic) bond motifs is 1. The van der Waals surface area contributed by atoms with E-state index in [-0.39, 0.29) is 0 Å². The number of nitrogens with one attached hydrogen (secondary N) is 1. The maximum Gasteiger partial charge on any atom is 0.134 e. The zero-order chi connectivity index (χ0) is 14.1. The fraction of sp³-hybridized carbons (Fsp3) is 0.688. The molecule has 1 aromatic rings. The number of pyridine rings is 1. The molecule has 3 rings (SSSR count). The van der Waals surface area contributed by atoms with Crippen molar-refractivity contribution in [3.63, 3.8) is 0 Å². The van der Waals surface area contributed by atoms with E-state index in [1.54, 1.807) is 0 Å². The van der Waals surface area contributed by atoms with E-state index >= 15 is 0 Å². The molecule has 0 amide bonds. The monoisotopic (exact) mass is 275 g/mol. The standard InChI is InChI=1S/C16H25N3O/c1-11-9-12(2)18-16(13(11)10-17-3)19-7-8-20-15-6-4-5-14(15)19/h9,14-15,17H,4-8,10H2,1-3H3. The first-order valence-corrected chi connectivity index (χ1v) is 7.70. The van der Waals surface area contributed by atoms with Gasteiger partial charge in [-0.15, -0.1) is 0 Å². The number of hydrogen-bond acceptors (Lipinski definition) is 4. The van der Waals surface area contributed by atoms with Gasteiger partial charge in [-0.05, 0) is 51.8 Å². The van der Waals surface area contributed by atoms with E-state index in [2.05, 4.69) is 30.1 Å². The minimum atomic E-state index is 0.411. The molecule has 110 valence electrons. The highest BCUT2D eigenvalue weighted by Crippen LogP contribution is 2.34. The van der Waals surface area contributed by atoms with Gasteiger partial charge in [-0.3, -0.25) is 0 Å². The Labute approximate surface area is 121 Å². The molecule has 2 heterocycles. The van der Waals surface area contributed by atoms with Crippen molar-refractivity contribution < 1.29 is 4.74 Å². The van der Waals surface area contributed by atoms with Crippen LogP contribution < -0.4 is 10.2 Å². The molecule has 0 spiro atoms. The van der Waals surface area contributed by atoms with Crippen LogP contribution in [0.5, 0.6) is 0 Å². The van der Waals surface area contributed by atoms with Crippen molar-refractivity contribution in [3.8, 4) is 0 Å². The highest BCUT2D eigenvalue weighted by molar-refractivity contribution is 5.53. The number of nitrogens with zero attached hydrogens (tertiary/aromatic N) is 2. The molecular weight excluding hydrogens is 250 g/mol. The second-order valence-corrected chi connectivity index (χ2v) is 6.01. The Kier molecular flexibility index (Phi) is 3.94. The van der Waals surface area contributed by atoms with Gasteiger partial charge in [-0.1, -0.05) is 0 Å². The lowest BCUT2D eigenvalue weighted by atomic mass is 10.1. The van der Waals surface area contributed by atoms with Crippen molar-refractivity contribution in [3.05, 3.63) is 22.9 Å². The highest BCUT2D eigenvalue weighted by atomic mass is 16.5. The van der Waals surface area contributed by atoms with Crippen molar-refractivity contribution in [1.82, 2.24) is 10.3 Å². The summed E-state index contributed by atoms with van der Waals surface area (Å²) >= 11 is 0. The van der Waals surface area contributed by atoms with Crippen LogP contribution in [0.3, 0.4) is 0 Å². The molecular formula is C16H25N3O. The van der Waals surface area contributed by atoms with Crippen LogP contribution in [0, 0.1) is 13.8 Å². The highest BCUT2D eigenvalue weighted by Gasteiger charge is 2.37. The van der Waals surface area contributed by atoms with E-state index in [9.17, 15) is 0 Å². The summed E-state index contributed by atoms with van der Waals surface area (Å²) in [5.74, 6) is 1.18. The molecule has 0 bridgehead atoms. The van der Waals surface area contributed by atoms with Crippen LogP contribution in [0.4, 0.5) is 5.82 Å². The molecule has 1 saturated heterocycles. The van der Waals surface area contributed by atoms with Crippen molar-refractivity contribution in [1.29, 1.82) is 0 Å². The van der Waals surface area contributed by atoms with Crippen LogP contribution in [0.1, 0.15) is 36.1 Å². The van der Waals surface area contributed by atoms with Gasteiger partial charge in [0.1, 0.15) is 5.82 Å². The van der Waals surface area contributed by atoms with E-state index in [4.69, 9.17) is 9.72 Å². The summed E-state index contributed by atoms with van der Waals surface area (Å²) in [6, 6.07) is 2.70. The summed E-state index contributed by atoms with van der Waals surface area (Å²) in [6.07, 6.45) is 4.12. The quantitative estimate of drug-likeness (QED) is 0.917. The van der Waals surface area contributed by atoms with E-state index in [0.29, 0.717) is 12.1 Å². The first-order chi connectivity index (χ1) is 9.70. The van der Waals surface area contributed by atoms with Crippen LogP contribution >= 0.6 is 0 Å². The van der Waals surface area contributed by atoms with Crippen molar-refractivity contribution in [2.75, 3.05) is 25.1 Å². The van der Waals surface area contributed by atoms with E-state index in [1.807, 2.05) is 7.05 Å². The number of anilines is 1. The number of morpholine rings is 1. The summed E-state index contributed by atoms with van der Waals surface area (Å²) in [6.45, 7) is 6.95. The maximum absolute atomic E-state index is 5.93. The first-order valence-electron chi connectivity index (χ1n) is 7.70. The van der Waals surface area contributed by atoms with Gasteiger partial charge in [0.25, 0.3) is 0 Å². The van der Waals surface area contributed by atoms with E-state index in [0.717, 1.165) is 25.4 Å². The fourth-order valence-corrected chi connectivity index (χ4v) is 3.67. The zero-order valence-corrected chi connectivity index (χ0v) is 12.8. The van der Waals surface area contributed by atoms with Crippen molar-refractivity contribution in [2.45, 2.75) is 51.8 Å². The van der Waals surface area contributed by atoms with E-state index in [1.165, 1.54) is 36.2 Å². The largest absolute Gasteiger partial charge is 0.374 e. The number of hydrogen-bond donors (Lipinski definition) is 1. The third-order valence-electron chi connectivity index (χ3n) is 4.56. The molecule has 2 unspecified atom stereocenters. The average Bonchev–Trinajstić information content (AvgIpc) is 2.90. The molecule has 0 radical (unpaired) electrons. The van der Waals surface area contributed by atoms with Gasteiger partial charge in [-0.2, -0.15) is 0 Å². The molecule has 1 aliphatic carbocycles. The Balaban J connectivity index is 1.99. The summed E-state index contributed by atoms with van der Waals surface area (Å²) in [5, 5.41) is 3.29. The Bertz CT molecular complexity index is 489. The van der Waals surface area contributed by atoms with Crippen molar-refractivity contribution >= 4 is 5.82 Å². The topological polar surface area (TPSA) is 37.4 Å². The maximum atomic E-state index is 5.93. The minimum Gasteiger partial charge on any atom is -0.374 e. The fourth-order valence-electron chi connectivity index (χ4n) is 3.67. The Hall–Kier alpha value is -1.13. The van der Waals surface area contributed by atoms with Crippen LogP contribution in [-0.4, -0.2) is 37.3 Å². The van der Waals surface area contributed by atoms with E-state index < -0.39 is 0 Å². The lowest BCUT2D eigenvalue weighted by Crippen LogP contribution is -2.49. The molecule has 2 aliphatic rings. The molecule has 1 N–H and O–H groups in total. The van der Waals surface area contributed by atoms with Crippen LogP contribution in [-0.2, 0) is 11.3 Å². The molecule has 20 heavy (non-hydrogen) atoms. The Morgan fingerprint density at radius 3 is 3.05 bits per heavy atom. The summed E-state index contributed by atoms with van der Waals surface area (Å²) in [5.41, 5.74) is 3.78. The second-order valence-electron chi connectivity index (χ2n) is 6.01. The van der Waals surface area contributed by atoms with Crippen LogP contribution in [0.15, 0.2) is 6.07 Å². The molecule has 1 saturated carbocycles. The SMILES string of the molecule is CNCc1c(C)cc(C)nc1N1CCOC2CCCC21. The number of aryl methyl sites for hydroxylation is 2. The van der Waals surface area contributed by atoms with Gasteiger partial charge >= 0.3 is 0 Å². The molecule has 0 aromatic carbocycles. The summed E-state index contributed by atoms with van der Waals surface area (Å²) in [7, 11) is 2.00. The van der Waals surface area contributed by atoms with Crippen LogP contribution in [0.25, 0.3) is 0 Å². The smallest absolute Gasteiger partial charge is 0.134 e. The lowest BCUT2D eigenvalue weighted by Gasteiger charge is -2.39. The molecule has 2 fully saturated rings. The van der Waals surface area contributed by atoms with Crippen LogP contribution in [0.2, 0.25) is 0 Å². The Morgan fingerprint density at radius 1 is 1.40 bits per heavy atom. The molecule has 4 heteroatoms. The number of aromatic nitrogens is 1. The predicted octanol–water partition coefficient (Wildman–Crippen LogP) is 2.18. The molecule has 2 atom stereocenters. The van der Waals surface area contributed by atoms with Gasteiger partial charge < -0.3 is 15.0 Å². The molecule has 1 aliphatic heterocycles. The minimum absolute atomic E-state index is 0.411. The Morgan fingerprint density at radius 2 is 2.25 bits per heavy atom. The van der Waals surface area contributed by atoms with Gasteiger partial charge in [0.15, 0.2) is 0 Å². The predicted molar refractivity (Wildman–Crippen MR) is 81.2 cm³/mol. The zero-order valence-electron chi connectivity index (χ0n) is 12.8. The van der Waals surface area contributed by atoms with Crippen molar-refractivity contribution in [2.24, 2.45) is 0 Å². The van der Waals surface area contributed by atoms with Gasteiger partial charge in [0.05, 0.1) is 18.8 Å². The summed E-state index contributed by atoms with van der Waals surface area (Å²) in [4.78, 5) is 7.37. The second kappa shape index (κ2) is 5.70. The van der Waals surface area contributed by atoms with Gasteiger partial charge in [0, 0.05) is 24.3 Å². The third-order valence-corrected chi connectivity index (χ3v) is 4.56. The van der Waals surface area contributed by atoms with Gasteiger partial charge in [-0.25, -0.2) is 4.98 Å². The average molecular weight is 275 g/mol. The third kappa shape index (κ3) is 2.42.